The minimum atomic E-state index is 0.657. The van der Waals surface area contributed by atoms with E-state index in [1.165, 1.54) is 0 Å². The highest BCUT2D eigenvalue weighted by Gasteiger charge is 2.13. The van der Waals surface area contributed by atoms with Gasteiger partial charge in [0.1, 0.15) is 0 Å². The number of furan rings is 1. The molecule has 0 aliphatic carbocycles. The summed E-state index contributed by atoms with van der Waals surface area (Å²) in [7, 11) is 3.21. The fraction of sp³-hybridized carbons (Fsp3) is 0.214. The van der Waals surface area contributed by atoms with Gasteiger partial charge >= 0.3 is 0 Å². The third-order valence-electron chi connectivity index (χ3n) is 3.06. The van der Waals surface area contributed by atoms with Gasteiger partial charge in [-0.15, -0.1) is 0 Å². The van der Waals surface area contributed by atoms with E-state index in [1.807, 2.05) is 25.1 Å². The van der Waals surface area contributed by atoms with Crippen molar-refractivity contribution in [3.8, 4) is 23.1 Å². The predicted octanol–water partition coefficient (Wildman–Crippen LogP) is 3.15. The number of nitrogens with zero attached hydrogens (tertiary/aromatic N) is 1. The number of methoxy groups -OCH3 is 2. The smallest absolute Gasteiger partial charge is 0.174 e. The number of imidazole rings is 1. The number of H-pyrrole nitrogens is 1. The summed E-state index contributed by atoms with van der Waals surface area (Å²) in [5.74, 6) is 2.77. The van der Waals surface area contributed by atoms with E-state index in [0.717, 1.165) is 22.4 Å². The van der Waals surface area contributed by atoms with E-state index < -0.39 is 0 Å². The van der Waals surface area contributed by atoms with E-state index in [-0.39, 0.29) is 0 Å². The molecule has 0 spiro atoms. The zero-order chi connectivity index (χ0) is 13.4. The molecule has 1 aromatic carbocycles. The Morgan fingerprint density at radius 1 is 1.16 bits per heavy atom. The van der Waals surface area contributed by atoms with Crippen molar-refractivity contribution in [2.75, 3.05) is 14.2 Å². The van der Waals surface area contributed by atoms with Crippen molar-refractivity contribution in [1.29, 1.82) is 0 Å². The van der Waals surface area contributed by atoms with E-state index in [1.54, 1.807) is 20.5 Å². The first-order chi connectivity index (χ1) is 9.22. The summed E-state index contributed by atoms with van der Waals surface area (Å²) in [6.07, 6.45) is 1.65. The topological polar surface area (TPSA) is 60.3 Å². The Labute approximate surface area is 110 Å². The molecule has 2 heterocycles. The molecule has 5 nitrogen and oxygen atoms in total. The van der Waals surface area contributed by atoms with Crippen molar-refractivity contribution in [2.24, 2.45) is 0 Å². The average Bonchev–Trinajstić information content (AvgIpc) is 3.01. The van der Waals surface area contributed by atoms with Gasteiger partial charge in [0, 0.05) is 12.1 Å². The van der Waals surface area contributed by atoms with E-state index in [4.69, 9.17) is 13.9 Å². The fourth-order valence-corrected chi connectivity index (χ4v) is 2.06. The van der Waals surface area contributed by atoms with Crippen molar-refractivity contribution in [2.45, 2.75) is 6.92 Å². The molecule has 0 unspecified atom stereocenters. The maximum Gasteiger partial charge on any atom is 0.174 e. The SMILES string of the molecule is COc1cc2nc(-c3occc3C)[nH]c2cc1OC. The highest BCUT2D eigenvalue weighted by molar-refractivity contribution is 5.82. The summed E-state index contributed by atoms with van der Waals surface area (Å²) >= 11 is 0. The maximum absolute atomic E-state index is 5.44. The van der Waals surface area contributed by atoms with Crippen LogP contribution in [-0.2, 0) is 0 Å². The van der Waals surface area contributed by atoms with E-state index in [0.29, 0.717) is 17.3 Å². The van der Waals surface area contributed by atoms with Gasteiger partial charge in [-0.1, -0.05) is 0 Å². The number of aromatic amines is 1. The summed E-state index contributed by atoms with van der Waals surface area (Å²) in [6.45, 7) is 1.98. The Morgan fingerprint density at radius 3 is 2.53 bits per heavy atom. The first-order valence-electron chi connectivity index (χ1n) is 5.89. The predicted molar refractivity (Wildman–Crippen MR) is 71.6 cm³/mol. The summed E-state index contributed by atoms with van der Waals surface area (Å²) in [4.78, 5) is 7.74. The standard InChI is InChI=1S/C14H14N2O3/c1-8-4-5-19-13(8)14-15-9-6-11(17-2)12(18-3)7-10(9)16-14/h4-7H,1-3H3,(H,15,16). The number of ether oxygens (including phenoxy) is 2. The van der Waals surface area contributed by atoms with Crippen LogP contribution >= 0.6 is 0 Å². The zero-order valence-corrected chi connectivity index (χ0v) is 11.0. The zero-order valence-electron chi connectivity index (χ0n) is 11.0. The minimum Gasteiger partial charge on any atom is -0.493 e. The minimum absolute atomic E-state index is 0.657. The molecule has 0 saturated heterocycles. The lowest BCUT2D eigenvalue weighted by atomic mass is 10.3. The van der Waals surface area contributed by atoms with Gasteiger partial charge in [-0.25, -0.2) is 4.98 Å². The van der Waals surface area contributed by atoms with Crippen LogP contribution in [0.1, 0.15) is 5.56 Å². The Morgan fingerprint density at radius 2 is 1.89 bits per heavy atom. The van der Waals surface area contributed by atoms with Gasteiger partial charge in [-0.05, 0) is 18.6 Å². The van der Waals surface area contributed by atoms with Gasteiger partial charge in [0.2, 0.25) is 0 Å². The first-order valence-corrected chi connectivity index (χ1v) is 5.89. The monoisotopic (exact) mass is 258 g/mol. The molecule has 0 atom stereocenters. The molecule has 0 aliphatic rings. The molecule has 3 rings (SSSR count). The molecule has 0 aliphatic heterocycles. The second kappa shape index (κ2) is 4.35. The van der Waals surface area contributed by atoms with Crippen molar-refractivity contribution in [3.05, 3.63) is 30.0 Å². The number of rotatable bonds is 3. The Bertz CT molecular complexity index is 686. The molecular weight excluding hydrogens is 244 g/mol. The lowest BCUT2D eigenvalue weighted by Crippen LogP contribution is -1.89. The first kappa shape index (κ1) is 11.6. The Hall–Kier alpha value is -2.43. The van der Waals surface area contributed by atoms with Gasteiger partial charge in [0.05, 0.1) is 31.5 Å². The van der Waals surface area contributed by atoms with E-state index in [9.17, 15) is 0 Å². The second-order valence-electron chi connectivity index (χ2n) is 4.24. The molecule has 1 N–H and O–H groups in total. The van der Waals surface area contributed by atoms with E-state index in [2.05, 4.69) is 9.97 Å². The molecule has 0 radical (unpaired) electrons. The summed E-state index contributed by atoms with van der Waals surface area (Å²) in [6, 6.07) is 5.61. The Kier molecular flexibility index (Phi) is 2.67. The van der Waals surface area contributed by atoms with Crippen LogP contribution in [0, 0.1) is 6.92 Å². The van der Waals surface area contributed by atoms with Crippen LogP contribution in [-0.4, -0.2) is 24.2 Å². The third-order valence-corrected chi connectivity index (χ3v) is 3.06. The van der Waals surface area contributed by atoms with Crippen molar-refractivity contribution in [1.82, 2.24) is 9.97 Å². The van der Waals surface area contributed by atoms with Crippen molar-refractivity contribution >= 4 is 11.0 Å². The second-order valence-corrected chi connectivity index (χ2v) is 4.24. The van der Waals surface area contributed by atoms with Gasteiger partial charge < -0.3 is 18.9 Å². The van der Waals surface area contributed by atoms with Crippen LogP contribution in [0.4, 0.5) is 0 Å². The molecule has 3 aromatic rings. The highest BCUT2D eigenvalue weighted by Crippen LogP contribution is 2.33. The summed E-state index contributed by atoms with van der Waals surface area (Å²) in [5, 5.41) is 0. The fourth-order valence-electron chi connectivity index (χ4n) is 2.06. The van der Waals surface area contributed by atoms with Crippen molar-refractivity contribution < 1.29 is 13.9 Å². The maximum atomic E-state index is 5.44. The Balaban J connectivity index is 2.18. The van der Waals surface area contributed by atoms with Crippen LogP contribution in [0.15, 0.2) is 28.9 Å². The highest BCUT2D eigenvalue weighted by atomic mass is 16.5. The molecule has 2 aromatic heterocycles. The van der Waals surface area contributed by atoms with Gasteiger partial charge in [-0.3, -0.25) is 0 Å². The van der Waals surface area contributed by atoms with Gasteiger partial charge in [0.15, 0.2) is 23.1 Å². The molecule has 0 fully saturated rings. The largest absolute Gasteiger partial charge is 0.493 e. The summed E-state index contributed by atoms with van der Waals surface area (Å²) in [5.41, 5.74) is 2.73. The molecule has 98 valence electrons. The molecule has 0 bridgehead atoms. The normalized spacial score (nSPS) is 10.9. The number of benzene rings is 1. The van der Waals surface area contributed by atoms with Gasteiger partial charge in [-0.2, -0.15) is 0 Å². The van der Waals surface area contributed by atoms with Crippen LogP contribution in [0.2, 0.25) is 0 Å². The molecular formula is C14H14N2O3. The molecule has 0 saturated carbocycles. The number of fused-ring (bicyclic) bond motifs is 1. The average molecular weight is 258 g/mol. The van der Waals surface area contributed by atoms with Gasteiger partial charge in [0.25, 0.3) is 0 Å². The quantitative estimate of drug-likeness (QED) is 0.784. The van der Waals surface area contributed by atoms with Crippen LogP contribution < -0.4 is 9.47 Å². The molecule has 19 heavy (non-hydrogen) atoms. The number of aryl methyl sites for hydroxylation is 1. The number of hydrogen-bond acceptors (Lipinski definition) is 4. The third kappa shape index (κ3) is 1.83. The number of aromatic nitrogens is 2. The summed E-state index contributed by atoms with van der Waals surface area (Å²) < 4.78 is 16.0. The van der Waals surface area contributed by atoms with Crippen LogP contribution in [0.5, 0.6) is 11.5 Å². The molecule has 0 amide bonds. The van der Waals surface area contributed by atoms with Crippen molar-refractivity contribution in [3.63, 3.8) is 0 Å². The van der Waals surface area contributed by atoms with Crippen LogP contribution in [0.25, 0.3) is 22.6 Å². The lowest BCUT2D eigenvalue weighted by molar-refractivity contribution is 0.356. The van der Waals surface area contributed by atoms with Crippen LogP contribution in [0.3, 0.4) is 0 Å². The molecule has 5 heteroatoms. The van der Waals surface area contributed by atoms with E-state index >= 15 is 0 Å². The number of nitrogens with one attached hydrogen (secondary N) is 1. The lowest BCUT2D eigenvalue weighted by Gasteiger charge is -2.06. The number of hydrogen-bond donors (Lipinski definition) is 1.